The maximum absolute atomic E-state index is 5.49. The van der Waals surface area contributed by atoms with Gasteiger partial charge >= 0.3 is 0 Å². The average Bonchev–Trinajstić information content (AvgIpc) is 2.99. The molecule has 0 aliphatic heterocycles. The van der Waals surface area contributed by atoms with E-state index in [2.05, 4.69) is 51.7 Å². The van der Waals surface area contributed by atoms with Gasteiger partial charge in [0.25, 0.3) is 0 Å². The third-order valence-electron chi connectivity index (χ3n) is 4.10. The summed E-state index contributed by atoms with van der Waals surface area (Å²) in [7, 11) is 1.71. The molecule has 24 heavy (non-hydrogen) atoms. The highest BCUT2D eigenvalue weighted by molar-refractivity contribution is 9.10. The van der Waals surface area contributed by atoms with Crippen LogP contribution in [0, 0.1) is 0 Å². The summed E-state index contributed by atoms with van der Waals surface area (Å²) in [4.78, 5) is 4.71. The summed E-state index contributed by atoms with van der Waals surface area (Å²) in [5.74, 6) is 0.913. The monoisotopic (exact) mass is 384 g/mol. The van der Waals surface area contributed by atoms with Crippen molar-refractivity contribution >= 4 is 15.9 Å². The summed E-state index contributed by atoms with van der Waals surface area (Å²) in [6.45, 7) is 2.96. The van der Waals surface area contributed by atoms with Crippen molar-refractivity contribution in [1.82, 2.24) is 9.55 Å². The number of hydrogen-bond donors (Lipinski definition) is 0. The first-order valence-electron chi connectivity index (χ1n) is 8.15. The van der Waals surface area contributed by atoms with Crippen LogP contribution in [-0.2, 0) is 13.0 Å². The van der Waals surface area contributed by atoms with Gasteiger partial charge in [0.15, 0.2) is 0 Å². The van der Waals surface area contributed by atoms with Crippen LogP contribution in [0.15, 0.2) is 59.3 Å². The van der Waals surface area contributed by atoms with Gasteiger partial charge in [-0.2, -0.15) is 0 Å². The van der Waals surface area contributed by atoms with Crippen molar-refractivity contribution in [3.05, 3.63) is 70.6 Å². The lowest BCUT2D eigenvalue weighted by Crippen LogP contribution is -2.05. The molecule has 0 saturated carbocycles. The van der Waals surface area contributed by atoms with Gasteiger partial charge in [0.2, 0.25) is 0 Å². The number of imidazole rings is 1. The SMILES string of the molecule is CCCc1c(-c2ccccc2Br)ncn1Cc1ccccc1OC. The molecule has 1 heterocycles. The summed E-state index contributed by atoms with van der Waals surface area (Å²) >= 11 is 3.65. The molecule has 3 rings (SSSR count). The number of para-hydroxylation sites is 1. The van der Waals surface area contributed by atoms with Crippen LogP contribution in [0.2, 0.25) is 0 Å². The molecule has 0 bridgehead atoms. The average molecular weight is 385 g/mol. The van der Waals surface area contributed by atoms with E-state index in [0.717, 1.165) is 46.4 Å². The topological polar surface area (TPSA) is 27.1 Å². The Morgan fingerprint density at radius 1 is 1.08 bits per heavy atom. The van der Waals surface area contributed by atoms with Crippen LogP contribution in [0.5, 0.6) is 5.75 Å². The second kappa shape index (κ2) is 7.67. The minimum Gasteiger partial charge on any atom is -0.496 e. The van der Waals surface area contributed by atoms with Crippen LogP contribution in [0.4, 0.5) is 0 Å². The first kappa shape index (κ1) is 16.8. The molecule has 0 fully saturated rings. The first-order chi connectivity index (χ1) is 11.7. The van der Waals surface area contributed by atoms with Gasteiger partial charge in [-0.15, -0.1) is 0 Å². The molecule has 0 atom stereocenters. The third kappa shape index (κ3) is 3.39. The third-order valence-corrected chi connectivity index (χ3v) is 4.79. The lowest BCUT2D eigenvalue weighted by molar-refractivity contribution is 0.408. The molecular formula is C20H21BrN2O. The molecule has 0 aliphatic rings. The Balaban J connectivity index is 2.02. The number of halogens is 1. The molecule has 1 aromatic heterocycles. The van der Waals surface area contributed by atoms with Crippen LogP contribution in [0.1, 0.15) is 24.6 Å². The summed E-state index contributed by atoms with van der Waals surface area (Å²) in [6.07, 6.45) is 4.01. The number of benzene rings is 2. The number of rotatable bonds is 6. The van der Waals surface area contributed by atoms with Gasteiger partial charge in [-0.25, -0.2) is 4.98 Å². The predicted molar refractivity (Wildman–Crippen MR) is 101 cm³/mol. The summed E-state index contributed by atoms with van der Waals surface area (Å²) < 4.78 is 8.79. The molecule has 0 amide bonds. The Bertz CT molecular complexity index is 826. The van der Waals surface area contributed by atoms with E-state index in [4.69, 9.17) is 9.72 Å². The van der Waals surface area contributed by atoms with Crippen molar-refractivity contribution in [3.63, 3.8) is 0 Å². The number of aromatic nitrogens is 2. The van der Waals surface area contributed by atoms with Crippen LogP contribution < -0.4 is 4.74 Å². The highest BCUT2D eigenvalue weighted by Gasteiger charge is 2.15. The highest BCUT2D eigenvalue weighted by Crippen LogP contribution is 2.31. The Hall–Kier alpha value is -2.07. The van der Waals surface area contributed by atoms with Crippen LogP contribution in [0.3, 0.4) is 0 Å². The maximum Gasteiger partial charge on any atom is 0.123 e. The molecule has 4 heteroatoms. The van der Waals surface area contributed by atoms with E-state index in [-0.39, 0.29) is 0 Å². The minimum atomic E-state index is 0.761. The zero-order chi connectivity index (χ0) is 16.9. The van der Waals surface area contributed by atoms with E-state index in [0.29, 0.717) is 0 Å². The van der Waals surface area contributed by atoms with Crippen molar-refractivity contribution in [2.24, 2.45) is 0 Å². The van der Waals surface area contributed by atoms with Crippen LogP contribution in [-0.4, -0.2) is 16.7 Å². The molecule has 0 saturated heterocycles. The van der Waals surface area contributed by atoms with Gasteiger partial charge < -0.3 is 9.30 Å². The lowest BCUT2D eigenvalue weighted by atomic mass is 10.1. The summed E-state index contributed by atoms with van der Waals surface area (Å²) in [5.41, 5.74) is 4.61. The van der Waals surface area contributed by atoms with Gasteiger partial charge in [-0.05, 0) is 18.6 Å². The maximum atomic E-state index is 5.49. The lowest BCUT2D eigenvalue weighted by Gasteiger charge is -2.13. The molecular weight excluding hydrogens is 364 g/mol. The van der Waals surface area contributed by atoms with Crippen molar-refractivity contribution in [2.45, 2.75) is 26.3 Å². The number of nitrogens with zero attached hydrogens (tertiary/aromatic N) is 2. The Morgan fingerprint density at radius 3 is 2.58 bits per heavy atom. The Kier molecular flexibility index (Phi) is 5.36. The van der Waals surface area contributed by atoms with Gasteiger partial charge in [0.1, 0.15) is 5.75 Å². The second-order valence-corrected chi connectivity index (χ2v) is 6.56. The molecule has 0 unspecified atom stereocenters. The standard InChI is InChI=1S/C20H21BrN2O/c1-3-8-18-20(16-10-5-6-11-17(16)21)22-14-23(18)13-15-9-4-7-12-19(15)24-2/h4-7,9-12,14H,3,8,13H2,1-2H3. The van der Waals surface area contributed by atoms with Gasteiger partial charge in [0.05, 0.1) is 25.7 Å². The molecule has 0 radical (unpaired) electrons. The fourth-order valence-electron chi connectivity index (χ4n) is 2.94. The fraction of sp³-hybridized carbons (Fsp3) is 0.250. The first-order valence-corrected chi connectivity index (χ1v) is 8.94. The normalized spacial score (nSPS) is 10.8. The van der Waals surface area contributed by atoms with E-state index in [1.807, 2.05) is 30.6 Å². The van der Waals surface area contributed by atoms with Crippen molar-refractivity contribution in [2.75, 3.05) is 7.11 Å². The van der Waals surface area contributed by atoms with Gasteiger partial charge in [-0.1, -0.05) is 65.7 Å². The molecule has 2 aromatic carbocycles. The highest BCUT2D eigenvalue weighted by atomic mass is 79.9. The van der Waals surface area contributed by atoms with E-state index in [9.17, 15) is 0 Å². The predicted octanol–water partition coefficient (Wildman–Crippen LogP) is 5.32. The van der Waals surface area contributed by atoms with Crippen LogP contribution >= 0.6 is 15.9 Å². The van der Waals surface area contributed by atoms with Gasteiger partial charge in [-0.3, -0.25) is 0 Å². The van der Waals surface area contributed by atoms with E-state index in [1.165, 1.54) is 5.69 Å². The molecule has 0 aliphatic carbocycles. The molecule has 124 valence electrons. The Labute approximate surface area is 151 Å². The fourth-order valence-corrected chi connectivity index (χ4v) is 3.41. The van der Waals surface area contributed by atoms with E-state index < -0.39 is 0 Å². The molecule has 3 aromatic rings. The van der Waals surface area contributed by atoms with E-state index >= 15 is 0 Å². The van der Waals surface area contributed by atoms with Crippen LogP contribution in [0.25, 0.3) is 11.3 Å². The quantitative estimate of drug-likeness (QED) is 0.574. The van der Waals surface area contributed by atoms with E-state index in [1.54, 1.807) is 7.11 Å². The van der Waals surface area contributed by atoms with Crippen molar-refractivity contribution < 1.29 is 4.74 Å². The Morgan fingerprint density at radius 2 is 1.83 bits per heavy atom. The molecule has 0 spiro atoms. The number of ether oxygens (including phenoxy) is 1. The smallest absolute Gasteiger partial charge is 0.123 e. The minimum absolute atomic E-state index is 0.761. The van der Waals surface area contributed by atoms with Gasteiger partial charge in [0, 0.05) is 21.3 Å². The van der Waals surface area contributed by atoms with Crippen molar-refractivity contribution in [3.8, 4) is 17.0 Å². The van der Waals surface area contributed by atoms with Crippen molar-refractivity contribution in [1.29, 1.82) is 0 Å². The molecule has 0 N–H and O–H groups in total. The largest absolute Gasteiger partial charge is 0.496 e. The zero-order valence-electron chi connectivity index (χ0n) is 14.0. The second-order valence-electron chi connectivity index (χ2n) is 5.71. The number of hydrogen-bond acceptors (Lipinski definition) is 2. The number of methoxy groups -OCH3 is 1. The molecule has 3 nitrogen and oxygen atoms in total. The zero-order valence-corrected chi connectivity index (χ0v) is 15.6. The summed E-state index contributed by atoms with van der Waals surface area (Å²) in [5, 5.41) is 0. The summed E-state index contributed by atoms with van der Waals surface area (Å²) in [6, 6.07) is 16.4.